The van der Waals surface area contributed by atoms with Crippen LogP contribution in [0.5, 0.6) is 5.75 Å². The standard InChI is InChI=1S/C18H17FN2O3/c1-2-24-15-8-6-13(7-9-15)20-16-11-17(22)21(18(16)23)14-5-3-4-12(19)10-14/h3-10,16,20H,2,11H2,1H3/t16-/m1/s1. The Balaban J connectivity index is 1.74. The fourth-order valence-electron chi connectivity index (χ4n) is 2.65. The summed E-state index contributed by atoms with van der Waals surface area (Å²) in [7, 11) is 0. The molecular formula is C18H17FN2O3. The zero-order valence-corrected chi connectivity index (χ0v) is 13.2. The summed E-state index contributed by atoms with van der Waals surface area (Å²) >= 11 is 0. The maximum atomic E-state index is 13.3. The third-order valence-corrected chi connectivity index (χ3v) is 3.72. The minimum absolute atomic E-state index is 0.0303. The van der Waals surface area contributed by atoms with Crippen LogP contribution in [0.15, 0.2) is 48.5 Å². The maximum Gasteiger partial charge on any atom is 0.256 e. The minimum Gasteiger partial charge on any atom is -0.494 e. The average Bonchev–Trinajstić information content (AvgIpc) is 2.83. The first-order chi connectivity index (χ1) is 11.6. The molecule has 1 heterocycles. The molecule has 0 aromatic heterocycles. The number of imide groups is 1. The van der Waals surface area contributed by atoms with E-state index in [2.05, 4.69) is 5.32 Å². The van der Waals surface area contributed by atoms with Crippen LogP contribution in [0.2, 0.25) is 0 Å². The third-order valence-electron chi connectivity index (χ3n) is 3.72. The number of benzene rings is 2. The molecule has 1 fully saturated rings. The zero-order valence-electron chi connectivity index (χ0n) is 13.2. The normalized spacial score (nSPS) is 17.2. The molecule has 1 aliphatic rings. The molecule has 1 N–H and O–H groups in total. The molecule has 2 amide bonds. The van der Waals surface area contributed by atoms with Crippen LogP contribution in [-0.4, -0.2) is 24.5 Å². The number of anilines is 2. The summed E-state index contributed by atoms with van der Waals surface area (Å²) in [5.41, 5.74) is 0.965. The molecule has 0 saturated carbocycles. The molecule has 24 heavy (non-hydrogen) atoms. The van der Waals surface area contributed by atoms with Crippen LogP contribution < -0.4 is 15.0 Å². The van der Waals surface area contributed by atoms with Crippen molar-refractivity contribution in [2.45, 2.75) is 19.4 Å². The third kappa shape index (κ3) is 3.22. The number of halogens is 1. The topological polar surface area (TPSA) is 58.6 Å². The van der Waals surface area contributed by atoms with E-state index < -0.39 is 11.9 Å². The van der Waals surface area contributed by atoms with Gasteiger partial charge in [-0.25, -0.2) is 9.29 Å². The number of nitrogens with one attached hydrogen (secondary N) is 1. The summed E-state index contributed by atoms with van der Waals surface area (Å²) in [5.74, 6) is -0.497. The van der Waals surface area contributed by atoms with E-state index >= 15 is 0 Å². The summed E-state index contributed by atoms with van der Waals surface area (Å²) < 4.78 is 18.7. The van der Waals surface area contributed by atoms with Gasteiger partial charge in [0.05, 0.1) is 18.7 Å². The lowest BCUT2D eigenvalue weighted by Gasteiger charge is -2.16. The first-order valence-electron chi connectivity index (χ1n) is 7.70. The lowest BCUT2D eigenvalue weighted by atomic mass is 10.2. The van der Waals surface area contributed by atoms with E-state index in [1.165, 1.54) is 24.3 Å². The van der Waals surface area contributed by atoms with E-state index in [1.807, 2.05) is 6.92 Å². The molecule has 0 unspecified atom stereocenters. The van der Waals surface area contributed by atoms with Gasteiger partial charge in [0.2, 0.25) is 5.91 Å². The van der Waals surface area contributed by atoms with Crippen LogP contribution in [0.4, 0.5) is 15.8 Å². The van der Waals surface area contributed by atoms with Gasteiger partial charge in [0, 0.05) is 5.69 Å². The quantitative estimate of drug-likeness (QED) is 0.857. The number of nitrogens with zero attached hydrogens (tertiary/aromatic N) is 1. The first-order valence-corrected chi connectivity index (χ1v) is 7.70. The van der Waals surface area contributed by atoms with Crippen molar-refractivity contribution in [3.05, 3.63) is 54.3 Å². The van der Waals surface area contributed by atoms with Crippen LogP contribution in [0.25, 0.3) is 0 Å². The molecule has 124 valence electrons. The van der Waals surface area contributed by atoms with Gasteiger partial charge in [-0.2, -0.15) is 0 Å². The molecule has 0 radical (unpaired) electrons. The second-order valence-electron chi connectivity index (χ2n) is 5.41. The van der Waals surface area contributed by atoms with Gasteiger partial charge in [-0.3, -0.25) is 9.59 Å². The van der Waals surface area contributed by atoms with Crippen molar-refractivity contribution in [1.82, 2.24) is 0 Å². The molecule has 3 rings (SSSR count). The van der Waals surface area contributed by atoms with Crippen molar-refractivity contribution in [2.24, 2.45) is 0 Å². The van der Waals surface area contributed by atoms with E-state index in [4.69, 9.17) is 4.74 Å². The Morgan fingerprint density at radius 1 is 1.21 bits per heavy atom. The van der Waals surface area contributed by atoms with Crippen molar-refractivity contribution in [3.8, 4) is 5.75 Å². The largest absolute Gasteiger partial charge is 0.494 e. The molecule has 6 heteroatoms. The van der Waals surface area contributed by atoms with Gasteiger partial charge in [0.15, 0.2) is 0 Å². The second kappa shape index (κ2) is 6.70. The number of ether oxygens (including phenoxy) is 1. The summed E-state index contributed by atoms with van der Waals surface area (Å²) in [6, 6.07) is 11.9. The van der Waals surface area contributed by atoms with Crippen LogP contribution in [0.1, 0.15) is 13.3 Å². The van der Waals surface area contributed by atoms with Gasteiger partial charge >= 0.3 is 0 Å². The highest BCUT2D eigenvalue weighted by molar-refractivity contribution is 6.23. The molecule has 2 aromatic rings. The van der Waals surface area contributed by atoms with Crippen molar-refractivity contribution in [1.29, 1.82) is 0 Å². The minimum atomic E-state index is -0.668. The fourth-order valence-corrected chi connectivity index (χ4v) is 2.65. The predicted molar refractivity (Wildman–Crippen MR) is 88.5 cm³/mol. The van der Waals surface area contributed by atoms with Crippen LogP contribution in [0.3, 0.4) is 0 Å². The van der Waals surface area contributed by atoms with Crippen molar-refractivity contribution in [2.75, 3.05) is 16.8 Å². The van der Waals surface area contributed by atoms with Gasteiger partial charge in [-0.1, -0.05) is 6.07 Å². The first kappa shape index (κ1) is 16.0. The highest BCUT2D eigenvalue weighted by Crippen LogP contribution is 2.26. The lowest BCUT2D eigenvalue weighted by Crippen LogP contribution is -2.34. The Bertz CT molecular complexity index is 761. The highest BCUT2D eigenvalue weighted by Gasteiger charge is 2.39. The lowest BCUT2D eigenvalue weighted by molar-refractivity contribution is -0.121. The maximum absolute atomic E-state index is 13.3. The number of hydrogen-bond acceptors (Lipinski definition) is 4. The summed E-state index contributed by atoms with van der Waals surface area (Å²) in [6.45, 7) is 2.47. The Labute approximate surface area is 139 Å². The van der Waals surface area contributed by atoms with Gasteiger partial charge in [-0.15, -0.1) is 0 Å². The number of carbonyl (C=O) groups is 2. The smallest absolute Gasteiger partial charge is 0.256 e. The summed E-state index contributed by atoms with van der Waals surface area (Å²) in [6.07, 6.45) is 0.0303. The predicted octanol–water partition coefficient (Wildman–Crippen LogP) is 2.97. The molecule has 1 atom stereocenters. The molecule has 2 aromatic carbocycles. The van der Waals surface area contributed by atoms with E-state index in [0.29, 0.717) is 12.3 Å². The van der Waals surface area contributed by atoms with E-state index in [1.54, 1.807) is 24.3 Å². The number of rotatable bonds is 5. The van der Waals surface area contributed by atoms with Gasteiger partial charge in [-0.05, 0) is 49.4 Å². The SMILES string of the molecule is CCOc1ccc(N[C@@H]2CC(=O)N(c3cccc(F)c3)C2=O)cc1. The highest BCUT2D eigenvalue weighted by atomic mass is 19.1. The molecule has 5 nitrogen and oxygen atoms in total. The number of carbonyl (C=O) groups excluding carboxylic acids is 2. The van der Waals surface area contributed by atoms with Crippen molar-refractivity contribution < 1.29 is 18.7 Å². The Morgan fingerprint density at radius 2 is 1.96 bits per heavy atom. The van der Waals surface area contributed by atoms with Crippen LogP contribution in [0, 0.1) is 5.82 Å². The Kier molecular flexibility index (Phi) is 4.46. The number of hydrogen-bond donors (Lipinski definition) is 1. The van der Waals surface area contributed by atoms with Gasteiger partial charge in [0.25, 0.3) is 5.91 Å². The van der Waals surface area contributed by atoms with Gasteiger partial charge in [0.1, 0.15) is 17.6 Å². The fraction of sp³-hybridized carbons (Fsp3) is 0.222. The van der Waals surface area contributed by atoms with Crippen molar-refractivity contribution in [3.63, 3.8) is 0 Å². The summed E-state index contributed by atoms with van der Waals surface area (Å²) in [4.78, 5) is 25.7. The second-order valence-corrected chi connectivity index (χ2v) is 5.41. The molecule has 0 bridgehead atoms. The average molecular weight is 328 g/mol. The van der Waals surface area contributed by atoms with E-state index in [9.17, 15) is 14.0 Å². The van der Waals surface area contributed by atoms with E-state index in [0.717, 1.165) is 10.6 Å². The zero-order chi connectivity index (χ0) is 17.1. The van der Waals surface area contributed by atoms with E-state index in [-0.39, 0.29) is 23.9 Å². The Morgan fingerprint density at radius 3 is 2.62 bits per heavy atom. The molecular weight excluding hydrogens is 311 g/mol. The van der Waals surface area contributed by atoms with Gasteiger partial charge < -0.3 is 10.1 Å². The molecule has 1 saturated heterocycles. The van der Waals surface area contributed by atoms with Crippen LogP contribution in [-0.2, 0) is 9.59 Å². The summed E-state index contributed by atoms with van der Waals surface area (Å²) in [5, 5.41) is 3.04. The molecule has 0 aliphatic carbocycles. The van der Waals surface area contributed by atoms with Crippen LogP contribution >= 0.6 is 0 Å². The Hall–Kier alpha value is -2.89. The molecule has 1 aliphatic heterocycles. The van der Waals surface area contributed by atoms with Crippen molar-refractivity contribution >= 4 is 23.2 Å². The monoisotopic (exact) mass is 328 g/mol. The molecule has 0 spiro atoms. The number of amides is 2.